The van der Waals surface area contributed by atoms with Gasteiger partial charge in [0.2, 0.25) is 0 Å². The van der Waals surface area contributed by atoms with Crippen molar-refractivity contribution in [3.8, 4) is 0 Å². The first kappa shape index (κ1) is 22.1. The fraction of sp³-hybridized carbons (Fsp3) is 0.478. The number of hydrogen-bond acceptors (Lipinski definition) is 4. The lowest BCUT2D eigenvalue weighted by Crippen LogP contribution is -2.42. The third kappa shape index (κ3) is 5.40. The third-order valence-electron chi connectivity index (χ3n) is 5.00. The molecule has 1 heterocycles. The van der Waals surface area contributed by atoms with Gasteiger partial charge in [-0.3, -0.25) is 4.79 Å². The summed E-state index contributed by atoms with van der Waals surface area (Å²) in [6, 6.07) is 5.73. The number of rotatable bonds is 12. The number of ether oxygens (including phenoxy) is 1. The zero-order chi connectivity index (χ0) is 20.5. The first-order chi connectivity index (χ1) is 13.5. The Morgan fingerprint density at radius 1 is 1.18 bits per heavy atom. The van der Waals surface area contributed by atoms with Crippen molar-refractivity contribution in [1.29, 1.82) is 5.41 Å². The molecule has 2 N–H and O–H groups in total. The van der Waals surface area contributed by atoms with Gasteiger partial charge in [0.1, 0.15) is 0 Å². The minimum Gasteiger partial charge on any atom is -0.380 e. The van der Waals surface area contributed by atoms with E-state index in [2.05, 4.69) is 25.4 Å². The second kappa shape index (κ2) is 10.9. The lowest BCUT2D eigenvalue weighted by Gasteiger charge is -2.12. The van der Waals surface area contributed by atoms with Crippen LogP contribution in [-0.2, 0) is 11.3 Å². The van der Waals surface area contributed by atoms with E-state index in [9.17, 15) is 4.79 Å². The fourth-order valence-corrected chi connectivity index (χ4v) is 3.46. The number of unbranched alkanes of at least 4 members (excludes halogenated alkanes) is 3. The molecule has 0 atom stereocenters. The molecule has 0 fully saturated rings. The molecule has 0 radical (unpaired) electrons. The van der Waals surface area contributed by atoms with Crippen LogP contribution in [0.5, 0.6) is 0 Å². The zero-order valence-corrected chi connectivity index (χ0v) is 17.3. The summed E-state index contributed by atoms with van der Waals surface area (Å²) in [4.78, 5) is 12.8. The van der Waals surface area contributed by atoms with E-state index in [1.807, 2.05) is 18.2 Å². The molecule has 1 aromatic heterocycles. The molecular weight excluding hydrogens is 350 g/mol. The number of likely N-dealkylation sites (N-methyl/N-ethyl adjacent to an activating group) is 1. The van der Waals surface area contributed by atoms with E-state index in [0.717, 1.165) is 68.3 Å². The predicted molar refractivity (Wildman–Crippen MR) is 119 cm³/mol. The van der Waals surface area contributed by atoms with Gasteiger partial charge in [0.15, 0.2) is 0 Å². The molecule has 0 aliphatic heterocycles. The predicted octanol–water partition coefficient (Wildman–Crippen LogP) is 2.40. The van der Waals surface area contributed by atoms with Crippen LogP contribution in [-0.4, -0.2) is 36.6 Å². The van der Waals surface area contributed by atoms with E-state index in [0.29, 0.717) is 22.8 Å². The number of nitrogens with zero attached hydrogens (tertiary/aromatic N) is 1. The zero-order valence-electron chi connectivity index (χ0n) is 17.3. The monoisotopic (exact) mass is 383 g/mol. The summed E-state index contributed by atoms with van der Waals surface area (Å²) in [6.07, 6.45) is 4.10. The van der Waals surface area contributed by atoms with Gasteiger partial charge >= 0.3 is 0 Å². The minimum absolute atomic E-state index is 0.0991. The molecule has 152 valence electrons. The lowest BCUT2D eigenvalue weighted by atomic mass is 10.0. The lowest BCUT2D eigenvalue weighted by molar-refractivity contribution is 0.132. The Kier molecular flexibility index (Phi) is 8.61. The van der Waals surface area contributed by atoms with Gasteiger partial charge in [-0.05, 0) is 26.3 Å². The first-order valence-electron chi connectivity index (χ1n) is 10.2. The molecule has 5 nitrogen and oxygen atoms in total. The number of benzene rings is 1. The Morgan fingerprint density at radius 3 is 2.64 bits per heavy atom. The molecular formula is C23H33N3O2. The number of fused-ring (bicyclic) bond motifs is 1. The smallest absolute Gasteiger partial charge is 0.258 e. The van der Waals surface area contributed by atoms with Gasteiger partial charge in [-0.2, -0.15) is 0 Å². The number of nitrogens with one attached hydrogen (secondary N) is 2. The van der Waals surface area contributed by atoms with E-state index >= 15 is 0 Å². The second-order valence-corrected chi connectivity index (χ2v) is 7.12. The SMILES string of the molecule is C=c1c(=O)n(CCCCCCOCCNCC)c(=C)c2cccc(C(C)=N)c12. The van der Waals surface area contributed by atoms with Crippen LogP contribution < -0.4 is 21.4 Å². The average Bonchev–Trinajstić information content (AvgIpc) is 2.69. The number of hydrogen-bond donors (Lipinski definition) is 2. The molecule has 28 heavy (non-hydrogen) atoms. The van der Waals surface area contributed by atoms with Crippen LogP contribution in [0, 0.1) is 5.41 Å². The van der Waals surface area contributed by atoms with E-state index in [4.69, 9.17) is 10.1 Å². The van der Waals surface area contributed by atoms with Crippen molar-refractivity contribution in [2.24, 2.45) is 0 Å². The van der Waals surface area contributed by atoms with Gasteiger partial charge in [0, 0.05) is 52.3 Å². The number of aromatic nitrogens is 1. The quantitative estimate of drug-likeness (QED) is 0.437. The largest absolute Gasteiger partial charge is 0.380 e. The topological polar surface area (TPSA) is 67.1 Å². The van der Waals surface area contributed by atoms with Crippen molar-refractivity contribution < 1.29 is 4.74 Å². The van der Waals surface area contributed by atoms with Crippen molar-refractivity contribution in [3.05, 3.63) is 44.7 Å². The minimum atomic E-state index is -0.0991. The number of pyridine rings is 1. The van der Waals surface area contributed by atoms with Crippen molar-refractivity contribution in [3.63, 3.8) is 0 Å². The molecule has 5 heteroatoms. The maximum absolute atomic E-state index is 12.8. The fourth-order valence-electron chi connectivity index (χ4n) is 3.46. The van der Waals surface area contributed by atoms with Gasteiger partial charge in [-0.25, -0.2) is 0 Å². The summed E-state index contributed by atoms with van der Waals surface area (Å²) in [6.45, 7) is 16.1. The van der Waals surface area contributed by atoms with Crippen molar-refractivity contribution in [2.75, 3.05) is 26.3 Å². The van der Waals surface area contributed by atoms with Gasteiger partial charge in [0.25, 0.3) is 5.56 Å². The Hall–Kier alpha value is -2.24. The van der Waals surface area contributed by atoms with E-state index in [-0.39, 0.29) is 5.56 Å². The highest BCUT2D eigenvalue weighted by Gasteiger charge is 2.10. The summed E-state index contributed by atoms with van der Waals surface area (Å²) in [7, 11) is 0. The molecule has 1 aromatic carbocycles. The Bertz CT molecular complexity index is 962. The average molecular weight is 384 g/mol. The molecule has 0 spiro atoms. The molecule has 0 unspecified atom stereocenters. The molecule has 2 aromatic rings. The summed E-state index contributed by atoms with van der Waals surface area (Å²) in [5.74, 6) is 0. The molecule has 0 aliphatic rings. The highest BCUT2D eigenvalue weighted by Crippen LogP contribution is 2.12. The first-order valence-corrected chi connectivity index (χ1v) is 10.2. The highest BCUT2D eigenvalue weighted by molar-refractivity contribution is 6.08. The second-order valence-electron chi connectivity index (χ2n) is 7.12. The van der Waals surface area contributed by atoms with Crippen LogP contribution in [0.4, 0.5) is 0 Å². The van der Waals surface area contributed by atoms with E-state index in [1.54, 1.807) is 11.5 Å². The summed E-state index contributed by atoms with van der Waals surface area (Å²) in [5, 5.41) is 14.0. The van der Waals surface area contributed by atoms with Crippen molar-refractivity contribution >= 4 is 29.6 Å². The normalized spacial score (nSPS) is 11.2. The van der Waals surface area contributed by atoms with Crippen LogP contribution in [0.25, 0.3) is 23.9 Å². The van der Waals surface area contributed by atoms with E-state index < -0.39 is 0 Å². The highest BCUT2D eigenvalue weighted by atomic mass is 16.5. The van der Waals surface area contributed by atoms with Crippen LogP contribution in [0.2, 0.25) is 0 Å². The molecule has 0 bridgehead atoms. The van der Waals surface area contributed by atoms with Gasteiger partial charge < -0.3 is 20.0 Å². The van der Waals surface area contributed by atoms with Crippen LogP contribution in [0.1, 0.15) is 45.1 Å². The molecule has 0 amide bonds. The standard InChI is InChI=1S/C23H33N3O2/c1-5-25-13-16-28-15-9-7-6-8-14-26-19(4)21-12-10-11-20(18(3)24)22(21)17(2)23(26)27/h10-12,24-25H,2,4-9,13-16H2,1,3H3. The van der Waals surface area contributed by atoms with E-state index in [1.165, 1.54) is 0 Å². The van der Waals surface area contributed by atoms with Crippen LogP contribution in [0.15, 0.2) is 23.0 Å². The maximum Gasteiger partial charge on any atom is 0.258 e. The maximum atomic E-state index is 12.8. The Labute approximate surface area is 167 Å². The van der Waals surface area contributed by atoms with Crippen molar-refractivity contribution in [2.45, 2.75) is 46.1 Å². The summed E-state index contributed by atoms with van der Waals surface area (Å²) >= 11 is 0. The van der Waals surface area contributed by atoms with Crippen molar-refractivity contribution in [1.82, 2.24) is 9.88 Å². The van der Waals surface area contributed by atoms with Crippen LogP contribution >= 0.6 is 0 Å². The Balaban J connectivity index is 1.97. The summed E-state index contributed by atoms with van der Waals surface area (Å²) in [5.41, 5.74) is 1.09. The molecule has 2 rings (SSSR count). The van der Waals surface area contributed by atoms with Crippen LogP contribution in [0.3, 0.4) is 0 Å². The van der Waals surface area contributed by atoms with Gasteiger partial charge in [-0.15, -0.1) is 0 Å². The van der Waals surface area contributed by atoms with Gasteiger partial charge in [-0.1, -0.05) is 51.1 Å². The molecule has 0 saturated carbocycles. The van der Waals surface area contributed by atoms with Gasteiger partial charge in [0.05, 0.1) is 6.61 Å². The third-order valence-corrected chi connectivity index (χ3v) is 5.00. The molecule has 0 aliphatic carbocycles. The molecule has 0 saturated heterocycles. The summed E-state index contributed by atoms with van der Waals surface area (Å²) < 4.78 is 7.32. The Morgan fingerprint density at radius 2 is 1.93 bits per heavy atom.